The quantitative estimate of drug-likeness (QED) is 0.334. The van der Waals surface area contributed by atoms with E-state index < -0.39 is 32.5 Å². The molecule has 0 fully saturated rings. The Bertz CT molecular complexity index is 1570. The van der Waals surface area contributed by atoms with Crippen LogP contribution < -0.4 is 34.1 Å². The predicted octanol–water partition coefficient (Wildman–Crippen LogP) is 0.781. The Morgan fingerprint density at radius 3 is 2.51 bits per heavy atom. The van der Waals surface area contributed by atoms with Crippen LogP contribution in [0.1, 0.15) is 11.8 Å². The number of sulfonamides is 1. The number of nitrogens with zero attached hydrogens (tertiary/aromatic N) is 2. The fourth-order valence-corrected chi connectivity index (χ4v) is 4.39. The summed E-state index contributed by atoms with van der Waals surface area (Å²) in [6.45, 7) is 0. The van der Waals surface area contributed by atoms with Crippen molar-refractivity contribution in [2.24, 2.45) is 0 Å². The average molecular weight is 494 g/mol. The van der Waals surface area contributed by atoms with Gasteiger partial charge in [0, 0.05) is 23.2 Å². The third kappa shape index (κ3) is 5.19. The molecule has 0 aliphatic rings. The Morgan fingerprint density at radius 2 is 1.86 bits per heavy atom. The second-order valence-corrected chi connectivity index (χ2v) is 8.75. The minimum absolute atomic E-state index is 0. The van der Waals surface area contributed by atoms with Gasteiger partial charge in [-0.3, -0.25) is 4.72 Å². The summed E-state index contributed by atoms with van der Waals surface area (Å²) in [6, 6.07) is 9.79. The number of carboxylic acid groups (broad SMARTS) is 1. The van der Waals surface area contributed by atoms with Gasteiger partial charge >= 0.3 is 24.8 Å². The number of aromatic carboxylic acids is 1. The molecule has 0 aliphatic heterocycles. The second kappa shape index (κ2) is 9.87. The van der Waals surface area contributed by atoms with Crippen molar-refractivity contribution in [2.75, 3.05) is 17.6 Å². The Morgan fingerprint density at radius 1 is 1.11 bits per heavy atom. The normalized spacial score (nSPS) is 11.1. The molecular weight excluding hydrogens is 477 g/mol. The van der Waals surface area contributed by atoms with Crippen molar-refractivity contribution in [3.8, 4) is 17.0 Å². The second-order valence-electron chi connectivity index (χ2n) is 7.09. The number of rotatable bonds is 6. The van der Waals surface area contributed by atoms with E-state index in [1.54, 1.807) is 18.2 Å². The molecule has 4 rings (SSSR count). The van der Waals surface area contributed by atoms with Crippen molar-refractivity contribution < 1.29 is 52.1 Å². The fraction of sp³-hybridized carbons (Fsp3) is 0.0455. The first kappa shape index (κ1) is 25.9. The minimum atomic E-state index is -4.45. The molecule has 0 bridgehead atoms. The van der Waals surface area contributed by atoms with E-state index in [1.807, 2.05) is 0 Å². The number of aromatic nitrogens is 2. The van der Waals surface area contributed by atoms with Crippen molar-refractivity contribution in [3.63, 3.8) is 0 Å². The first-order valence-electron chi connectivity index (χ1n) is 9.55. The van der Waals surface area contributed by atoms with Crippen LogP contribution in [-0.4, -0.2) is 36.6 Å². The van der Waals surface area contributed by atoms with Crippen LogP contribution in [0.25, 0.3) is 22.0 Å². The molecule has 0 aliphatic carbocycles. The standard InChI is InChI=1S/C22H16F2N4O5S.Li.H/c1-33-21-18(28-34(31,32)19-5-3-14(23)9-16(19)24)8-13(10-26-21)11-2-4-17-12(6-11)7-15(22(29)30)20(25)27-17;;/h2-10,28H,1H3,(H2,25,27)(H,29,30);;/q;+1;-1. The Kier molecular flexibility index (Phi) is 7.30. The number of halogens is 2. The number of hydrogen-bond acceptors (Lipinski definition) is 7. The summed E-state index contributed by atoms with van der Waals surface area (Å²) in [6.07, 6.45) is 1.42. The molecule has 13 heteroatoms. The topological polar surface area (TPSA) is 144 Å². The SMILES string of the molecule is COc1ncc(-c2ccc3nc(N)c(C(=O)O)cc3c2)cc1NS(=O)(=O)c1ccc(F)cc1F.[H-].[Li+]. The summed E-state index contributed by atoms with van der Waals surface area (Å²) >= 11 is 0. The molecule has 2 aromatic heterocycles. The number of nitrogens with one attached hydrogen (secondary N) is 1. The van der Waals surface area contributed by atoms with E-state index in [2.05, 4.69) is 14.7 Å². The molecule has 0 atom stereocenters. The number of carboxylic acids is 1. The monoisotopic (exact) mass is 494 g/mol. The molecule has 0 saturated carbocycles. The van der Waals surface area contributed by atoms with Gasteiger partial charge in [-0.1, -0.05) is 6.07 Å². The molecule has 2 aromatic carbocycles. The van der Waals surface area contributed by atoms with Crippen LogP contribution in [0.3, 0.4) is 0 Å². The van der Waals surface area contributed by atoms with Crippen molar-refractivity contribution in [1.29, 1.82) is 0 Å². The number of carbonyl (C=O) groups is 1. The van der Waals surface area contributed by atoms with E-state index in [1.165, 1.54) is 25.4 Å². The molecular formula is C22H17F2LiN4O5S. The number of methoxy groups -OCH3 is 1. The van der Waals surface area contributed by atoms with Gasteiger partial charge in [-0.05, 0) is 42.0 Å². The van der Waals surface area contributed by atoms with Crippen molar-refractivity contribution in [1.82, 2.24) is 9.97 Å². The maximum absolute atomic E-state index is 14.1. The van der Waals surface area contributed by atoms with Crippen molar-refractivity contribution >= 4 is 38.4 Å². The molecule has 4 aromatic rings. The summed E-state index contributed by atoms with van der Waals surface area (Å²) in [5.41, 5.74) is 6.89. The first-order chi connectivity index (χ1) is 16.1. The summed E-state index contributed by atoms with van der Waals surface area (Å²) in [5, 5.41) is 9.77. The van der Waals surface area contributed by atoms with Crippen LogP contribution in [0, 0.1) is 11.6 Å². The van der Waals surface area contributed by atoms with Gasteiger partial charge in [0.1, 0.15) is 33.6 Å². The van der Waals surface area contributed by atoms with Gasteiger partial charge in [0.25, 0.3) is 10.0 Å². The minimum Gasteiger partial charge on any atom is -1.00 e. The summed E-state index contributed by atoms with van der Waals surface area (Å²) in [7, 11) is -3.17. The molecule has 4 N–H and O–H groups in total. The molecule has 0 unspecified atom stereocenters. The Balaban J connectivity index is 0.00000228. The Hall–Kier alpha value is -3.72. The molecule has 176 valence electrons. The zero-order valence-corrected chi connectivity index (χ0v) is 19.2. The van der Waals surface area contributed by atoms with Gasteiger partial charge < -0.3 is 17.0 Å². The molecule has 0 saturated heterocycles. The van der Waals surface area contributed by atoms with Gasteiger partial charge in [0.2, 0.25) is 5.88 Å². The van der Waals surface area contributed by atoms with Gasteiger partial charge in [-0.15, -0.1) is 0 Å². The zero-order valence-electron chi connectivity index (χ0n) is 19.4. The average Bonchev–Trinajstić information content (AvgIpc) is 2.77. The van der Waals surface area contributed by atoms with Crippen molar-refractivity contribution in [2.45, 2.75) is 4.90 Å². The van der Waals surface area contributed by atoms with Crippen molar-refractivity contribution in [3.05, 3.63) is 71.9 Å². The van der Waals surface area contributed by atoms with Gasteiger partial charge in [-0.25, -0.2) is 32.0 Å². The molecule has 9 nitrogen and oxygen atoms in total. The molecule has 2 heterocycles. The van der Waals surface area contributed by atoms with Crippen LogP contribution in [0.4, 0.5) is 20.3 Å². The first-order valence-corrected chi connectivity index (χ1v) is 11.0. The predicted molar refractivity (Wildman–Crippen MR) is 121 cm³/mol. The van der Waals surface area contributed by atoms with E-state index in [9.17, 15) is 27.1 Å². The molecule has 0 spiro atoms. The number of pyridine rings is 2. The maximum Gasteiger partial charge on any atom is 1.00 e. The van der Waals surface area contributed by atoms with Gasteiger partial charge in [0.05, 0.1) is 12.6 Å². The Labute approximate surface area is 211 Å². The third-order valence-corrected chi connectivity index (χ3v) is 6.28. The van der Waals surface area contributed by atoms with Gasteiger partial charge in [0.15, 0.2) is 0 Å². The number of benzene rings is 2. The van der Waals surface area contributed by atoms with E-state index in [4.69, 9.17) is 10.5 Å². The summed E-state index contributed by atoms with van der Waals surface area (Å²) < 4.78 is 60.0. The van der Waals surface area contributed by atoms with Crippen LogP contribution in [0.5, 0.6) is 5.88 Å². The van der Waals surface area contributed by atoms with E-state index in [0.29, 0.717) is 28.1 Å². The van der Waals surface area contributed by atoms with Crippen LogP contribution in [-0.2, 0) is 10.0 Å². The number of nitrogens with two attached hydrogens (primary N) is 1. The van der Waals surface area contributed by atoms with Crippen LogP contribution in [0.15, 0.2) is 59.6 Å². The molecule has 0 amide bonds. The summed E-state index contributed by atoms with van der Waals surface area (Å²) in [4.78, 5) is 18.8. The van der Waals surface area contributed by atoms with E-state index >= 15 is 0 Å². The van der Waals surface area contributed by atoms with E-state index in [-0.39, 0.29) is 43.2 Å². The van der Waals surface area contributed by atoms with Crippen LogP contribution in [0.2, 0.25) is 0 Å². The number of ether oxygens (including phenoxy) is 1. The largest absolute Gasteiger partial charge is 1.00 e. The number of nitrogen functional groups attached to an aromatic ring is 1. The van der Waals surface area contributed by atoms with Crippen LogP contribution >= 0.6 is 0 Å². The maximum atomic E-state index is 14.1. The van der Waals surface area contributed by atoms with Gasteiger partial charge in [-0.2, -0.15) is 0 Å². The molecule has 35 heavy (non-hydrogen) atoms. The fourth-order valence-electron chi connectivity index (χ4n) is 3.28. The third-order valence-electron chi connectivity index (χ3n) is 4.88. The molecule has 0 radical (unpaired) electrons. The number of hydrogen-bond donors (Lipinski definition) is 3. The summed E-state index contributed by atoms with van der Waals surface area (Å²) in [5.74, 6) is -3.61. The van der Waals surface area contributed by atoms with E-state index in [0.717, 1.165) is 12.1 Å². The number of anilines is 2. The number of fused-ring (bicyclic) bond motifs is 1. The zero-order chi connectivity index (χ0) is 24.6. The smallest absolute Gasteiger partial charge is 1.00 e.